The molecule has 0 radical (unpaired) electrons. The number of nitrogens with zero attached hydrogens (tertiary/aromatic N) is 1. The molecule has 102 valence electrons. The summed E-state index contributed by atoms with van der Waals surface area (Å²) in [5.41, 5.74) is 1.08. The third kappa shape index (κ3) is 2.08. The molecule has 1 aromatic carbocycles. The monoisotopic (exact) mass is 277 g/mol. The van der Waals surface area contributed by atoms with Crippen molar-refractivity contribution < 1.29 is 8.42 Å². The molecule has 0 N–H and O–H groups in total. The Hall–Kier alpha value is -1.29. The molecule has 0 spiro atoms. The molecule has 1 unspecified atom stereocenters. The lowest BCUT2D eigenvalue weighted by Crippen LogP contribution is -2.28. The van der Waals surface area contributed by atoms with Gasteiger partial charge in [-0.05, 0) is 37.3 Å². The summed E-state index contributed by atoms with van der Waals surface area (Å²) < 4.78 is 25.6. The fraction of sp³-hybridized carbons (Fsp3) is 0.467. The first kappa shape index (κ1) is 12.7. The van der Waals surface area contributed by atoms with Crippen LogP contribution in [0.5, 0.6) is 0 Å². The van der Waals surface area contributed by atoms with Crippen molar-refractivity contribution >= 4 is 9.84 Å². The molecule has 19 heavy (non-hydrogen) atoms. The smallest absolute Gasteiger partial charge is 0.204 e. The highest BCUT2D eigenvalue weighted by Gasteiger charge is 2.35. The van der Waals surface area contributed by atoms with Gasteiger partial charge in [0, 0.05) is 18.8 Å². The van der Waals surface area contributed by atoms with Crippen LogP contribution in [0.1, 0.15) is 26.2 Å². The van der Waals surface area contributed by atoms with Crippen LogP contribution in [-0.4, -0.2) is 26.4 Å². The van der Waals surface area contributed by atoms with Crippen molar-refractivity contribution in [2.24, 2.45) is 5.92 Å². The summed E-state index contributed by atoms with van der Waals surface area (Å²) in [7, 11) is -3.31. The molecule has 0 saturated carbocycles. The van der Waals surface area contributed by atoms with Crippen molar-refractivity contribution in [2.75, 3.05) is 13.1 Å². The molecule has 0 bridgehead atoms. The second-order valence-electron chi connectivity index (χ2n) is 5.41. The Morgan fingerprint density at radius 3 is 2.63 bits per heavy atom. The largest absolute Gasteiger partial charge is 0.374 e. The van der Waals surface area contributed by atoms with Crippen molar-refractivity contribution in [3.8, 4) is 0 Å². The minimum Gasteiger partial charge on any atom is -0.374 e. The van der Waals surface area contributed by atoms with Gasteiger partial charge in [0.25, 0.3) is 0 Å². The van der Waals surface area contributed by atoms with E-state index in [2.05, 4.69) is 11.8 Å². The van der Waals surface area contributed by atoms with E-state index in [0.29, 0.717) is 22.1 Å². The van der Waals surface area contributed by atoms with Crippen molar-refractivity contribution in [3.63, 3.8) is 0 Å². The molecule has 1 saturated heterocycles. The summed E-state index contributed by atoms with van der Waals surface area (Å²) in [6, 6.07) is 8.82. The minimum atomic E-state index is -3.31. The van der Waals surface area contributed by atoms with Crippen molar-refractivity contribution in [3.05, 3.63) is 40.9 Å². The van der Waals surface area contributed by atoms with Gasteiger partial charge in [-0.1, -0.05) is 25.1 Å². The lowest BCUT2D eigenvalue weighted by atomic mass is 10.0. The number of hydrogen-bond donors (Lipinski definition) is 0. The van der Waals surface area contributed by atoms with Gasteiger partial charge >= 0.3 is 0 Å². The number of sulfone groups is 1. The summed E-state index contributed by atoms with van der Waals surface area (Å²) in [5, 5.41) is 0. The number of rotatable bonds is 2. The molecule has 2 heterocycles. The number of benzene rings is 1. The van der Waals surface area contributed by atoms with Crippen LogP contribution < -0.4 is 0 Å². The lowest BCUT2D eigenvalue weighted by molar-refractivity contribution is 0.360. The molecule has 0 amide bonds. The predicted octanol–water partition coefficient (Wildman–Crippen LogP) is 2.81. The minimum absolute atomic E-state index is 0.369. The molecule has 1 fully saturated rings. The van der Waals surface area contributed by atoms with E-state index in [1.807, 2.05) is 6.07 Å². The van der Waals surface area contributed by atoms with Gasteiger partial charge in [0.2, 0.25) is 9.84 Å². The predicted molar refractivity (Wildman–Crippen MR) is 75.2 cm³/mol. The van der Waals surface area contributed by atoms with Gasteiger partial charge in [0.15, 0.2) is 0 Å². The number of fused-ring (bicyclic) bond motifs is 1. The van der Waals surface area contributed by atoms with Crippen LogP contribution in [0.4, 0.5) is 0 Å². The van der Waals surface area contributed by atoms with E-state index in [1.165, 1.54) is 0 Å². The molecular formula is C15H19NO2S. The third-order valence-electron chi connectivity index (χ3n) is 4.13. The molecule has 1 atom stereocenters. The summed E-state index contributed by atoms with van der Waals surface area (Å²) in [6.07, 6.45) is 2.70. The molecule has 0 aliphatic carbocycles. The third-order valence-corrected chi connectivity index (χ3v) is 6.09. The van der Waals surface area contributed by atoms with Crippen LogP contribution in [0.25, 0.3) is 0 Å². The Morgan fingerprint density at radius 2 is 1.89 bits per heavy atom. The van der Waals surface area contributed by atoms with Gasteiger partial charge in [-0.25, -0.2) is 8.42 Å². The van der Waals surface area contributed by atoms with E-state index in [-0.39, 0.29) is 0 Å². The van der Waals surface area contributed by atoms with Crippen LogP contribution in [0, 0.1) is 5.92 Å². The van der Waals surface area contributed by atoms with Gasteiger partial charge in [0.05, 0.1) is 9.80 Å². The van der Waals surface area contributed by atoms with Crippen LogP contribution in [0.15, 0.2) is 45.8 Å². The molecule has 4 heteroatoms. The van der Waals surface area contributed by atoms with Crippen LogP contribution in [0.2, 0.25) is 0 Å². The molecule has 3 rings (SSSR count). The maximum atomic E-state index is 12.8. The van der Waals surface area contributed by atoms with Crippen molar-refractivity contribution in [2.45, 2.75) is 31.1 Å². The Morgan fingerprint density at radius 1 is 1.16 bits per heavy atom. The standard InChI is InChI=1S/C15H19NO2S/c1-12-9-11-16-10-5-8-14(15(12)16)19(17,18)13-6-3-2-4-7-13/h2-4,6-7,12H,5,8-11H2,1H3. The average Bonchev–Trinajstić information content (AvgIpc) is 2.82. The van der Waals surface area contributed by atoms with E-state index in [1.54, 1.807) is 24.3 Å². The molecule has 2 aliphatic heterocycles. The fourth-order valence-electron chi connectivity index (χ4n) is 3.17. The highest BCUT2D eigenvalue weighted by Crippen LogP contribution is 2.39. The zero-order valence-electron chi connectivity index (χ0n) is 11.2. The topological polar surface area (TPSA) is 37.4 Å². The normalized spacial score (nSPS) is 23.6. The maximum Gasteiger partial charge on any atom is 0.204 e. The van der Waals surface area contributed by atoms with E-state index >= 15 is 0 Å². The summed E-state index contributed by atoms with van der Waals surface area (Å²) >= 11 is 0. The molecule has 0 aromatic heterocycles. The SMILES string of the molecule is CC1CCN2CCCC(S(=O)(=O)c3ccccc3)=C12. The van der Waals surface area contributed by atoms with Gasteiger partial charge in [-0.2, -0.15) is 0 Å². The van der Waals surface area contributed by atoms with Gasteiger partial charge < -0.3 is 4.90 Å². The zero-order valence-corrected chi connectivity index (χ0v) is 12.0. The first-order valence-corrected chi connectivity index (χ1v) is 8.37. The summed E-state index contributed by atoms with van der Waals surface area (Å²) in [4.78, 5) is 3.36. The summed E-state index contributed by atoms with van der Waals surface area (Å²) in [6.45, 7) is 4.15. The van der Waals surface area contributed by atoms with Crippen LogP contribution in [-0.2, 0) is 9.84 Å². The maximum absolute atomic E-state index is 12.8. The molecule has 1 aromatic rings. The van der Waals surface area contributed by atoms with Crippen molar-refractivity contribution in [1.29, 1.82) is 0 Å². The highest BCUT2D eigenvalue weighted by atomic mass is 32.2. The summed E-state index contributed by atoms with van der Waals surface area (Å²) in [5.74, 6) is 0.369. The second kappa shape index (κ2) is 4.67. The zero-order chi connectivity index (χ0) is 13.5. The Bertz CT molecular complexity index is 604. The Labute approximate surface area is 114 Å². The van der Waals surface area contributed by atoms with Gasteiger partial charge in [0.1, 0.15) is 0 Å². The first-order valence-electron chi connectivity index (χ1n) is 6.89. The van der Waals surface area contributed by atoms with Gasteiger partial charge in [-0.15, -0.1) is 0 Å². The number of allylic oxidation sites excluding steroid dienone is 2. The first-order chi connectivity index (χ1) is 9.10. The van der Waals surface area contributed by atoms with Crippen molar-refractivity contribution in [1.82, 2.24) is 4.90 Å². The van der Waals surface area contributed by atoms with Crippen LogP contribution >= 0.6 is 0 Å². The quantitative estimate of drug-likeness (QED) is 0.834. The number of hydrogen-bond acceptors (Lipinski definition) is 3. The van der Waals surface area contributed by atoms with Gasteiger partial charge in [-0.3, -0.25) is 0 Å². The molecular weight excluding hydrogens is 258 g/mol. The Balaban J connectivity index is 2.12. The van der Waals surface area contributed by atoms with E-state index in [0.717, 1.165) is 31.6 Å². The molecule has 2 aliphatic rings. The molecule has 3 nitrogen and oxygen atoms in total. The fourth-order valence-corrected chi connectivity index (χ4v) is 4.99. The Kier molecular flexibility index (Phi) is 3.13. The van der Waals surface area contributed by atoms with E-state index in [4.69, 9.17) is 0 Å². The van der Waals surface area contributed by atoms with E-state index in [9.17, 15) is 8.42 Å². The second-order valence-corrected chi connectivity index (χ2v) is 7.38. The van der Waals surface area contributed by atoms with Crippen LogP contribution in [0.3, 0.4) is 0 Å². The van der Waals surface area contributed by atoms with E-state index < -0.39 is 9.84 Å². The lowest BCUT2D eigenvalue weighted by Gasteiger charge is -2.29. The average molecular weight is 277 g/mol. The highest BCUT2D eigenvalue weighted by molar-refractivity contribution is 7.95.